The maximum absolute atomic E-state index is 9.51. The number of phenols is 1. The van der Waals surface area contributed by atoms with E-state index >= 15 is 0 Å². The van der Waals surface area contributed by atoms with Gasteiger partial charge in [-0.15, -0.1) is 0 Å². The van der Waals surface area contributed by atoms with Crippen LogP contribution >= 0.6 is 15.9 Å². The van der Waals surface area contributed by atoms with Gasteiger partial charge in [0, 0.05) is 29.3 Å². The van der Waals surface area contributed by atoms with Gasteiger partial charge < -0.3 is 15.5 Å². The molecule has 0 spiro atoms. The van der Waals surface area contributed by atoms with Crippen molar-refractivity contribution in [3.05, 3.63) is 28.2 Å². The third kappa shape index (κ3) is 4.74. The van der Waals surface area contributed by atoms with Gasteiger partial charge in [0.05, 0.1) is 13.2 Å². The minimum absolute atomic E-state index is 0.135. The molecule has 0 bridgehead atoms. The van der Waals surface area contributed by atoms with Gasteiger partial charge in [0.15, 0.2) is 0 Å². The van der Waals surface area contributed by atoms with Crippen molar-refractivity contribution < 1.29 is 10.2 Å². The molecule has 0 aliphatic rings. The van der Waals surface area contributed by atoms with Crippen LogP contribution in [0.1, 0.15) is 5.56 Å². The van der Waals surface area contributed by atoms with Gasteiger partial charge in [-0.2, -0.15) is 0 Å². The van der Waals surface area contributed by atoms with E-state index in [0.717, 1.165) is 4.47 Å². The Morgan fingerprint density at radius 3 is 2.94 bits per heavy atom. The second-order valence-electron chi connectivity index (χ2n) is 3.21. The number of rotatable bonds is 6. The molecule has 0 radical (unpaired) electrons. The predicted octanol–water partition coefficient (Wildman–Crippen LogP) is 1.16. The second kappa shape index (κ2) is 7.38. The maximum Gasteiger partial charge on any atom is 0.124 e. The summed E-state index contributed by atoms with van der Waals surface area (Å²) < 4.78 is 0.908. The summed E-state index contributed by atoms with van der Waals surface area (Å²) in [6.07, 6.45) is 1.64. The number of phenolic OH excluding ortho intramolecular Hbond substituents is 1. The fourth-order valence-corrected chi connectivity index (χ4v) is 1.52. The van der Waals surface area contributed by atoms with Crippen LogP contribution in [-0.4, -0.2) is 42.7 Å². The summed E-state index contributed by atoms with van der Waals surface area (Å²) in [4.78, 5) is 4.17. The maximum atomic E-state index is 9.51. The molecule has 0 aromatic heterocycles. The van der Waals surface area contributed by atoms with E-state index in [0.29, 0.717) is 25.2 Å². The van der Waals surface area contributed by atoms with Gasteiger partial charge in [-0.05, 0) is 18.2 Å². The summed E-state index contributed by atoms with van der Waals surface area (Å²) in [5.41, 5.74) is 0.691. The summed E-state index contributed by atoms with van der Waals surface area (Å²) in [5, 5.41) is 21.1. The van der Waals surface area contributed by atoms with Crippen LogP contribution in [-0.2, 0) is 0 Å². The summed E-state index contributed by atoms with van der Waals surface area (Å²) in [6.45, 7) is 2.05. The molecule has 3 N–H and O–H groups in total. The number of aliphatic imine (C=N–C) groups is 1. The molecule has 16 heavy (non-hydrogen) atoms. The van der Waals surface area contributed by atoms with Crippen LogP contribution < -0.4 is 5.32 Å². The molecule has 5 heteroatoms. The van der Waals surface area contributed by atoms with Crippen molar-refractivity contribution in [1.82, 2.24) is 5.32 Å². The monoisotopic (exact) mass is 286 g/mol. The number of hydrogen-bond donors (Lipinski definition) is 3. The Hall–Kier alpha value is -0.910. The van der Waals surface area contributed by atoms with Crippen molar-refractivity contribution >= 4 is 22.1 Å². The second-order valence-corrected chi connectivity index (χ2v) is 4.13. The number of nitrogens with one attached hydrogen (secondary N) is 1. The highest BCUT2D eigenvalue weighted by atomic mass is 79.9. The van der Waals surface area contributed by atoms with Crippen molar-refractivity contribution in [2.75, 3.05) is 26.2 Å². The van der Waals surface area contributed by atoms with Crippen molar-refractivity contribution in [3.63, 3.8) is 0 Å². The Balaban J connectivity index is 2.40. The van der Waals surface area contributed by atoms with E-state index in [9.17, 15) is 5.11 Å². The molecule has 0 atom stereocenters. The third-order valence-corrected chi connectivity index (χ3v) is 2.42. The Bertz CT molecular complexity index is 356. The van der Waals surface area contributed by atoms with E-state index in [1.54, 1.807) is 24.4 Å². The lowest BCUT2D eigenvalue weighted by atomic mass is 10.2. The van der Waals surface area contributed by atoms with Crippen molar-refractivity contribution in [3.8, 4) is 5.75 Å². The zero-order valence-electron chi connectivity index (χ0n) is 8.86. The molecule has 0 saturated carbocycles. The molecule has 0 aliphatic heterocycles. The number of aliphatic hydroxyl groups excluding tert-OH is 1. The van der Waals surface area contributed by atoms with Crippen LogP contribution in [0, 0.1) is 0 Å². The van der Waals surface area contributed by atoms with E-state index < -0.39 is 0 Å². The first-order valence-corrected chi connectivity index (χ1v) is 5.83. The Morgan fingerprint density at radius 1 is 1.38 bits per heavy atom. The molecule has 0 saturated heterocycles. The first kappa shape index (κ1) is 13.2. The van der Waals surface area contributed by atoms with Crippen LogP contribution in [0.3, 0.4) is 0 Å². The van der Waals surface area contributed by atoms with Gasteiger partial charge in [-0.1, -0.05) is 15.9 Å². The molecule has 0 heterocycles. The highest BCUT2D eigenvalue weighted by molar-refractivity contribution is 9.10. The normalized spacial score (nSPS) is 11.1. The average Bonchev–Trinajstić information content (AvgIpc) is 2.28. The molecule has 4 nitrogen and oxygen atoms in total. The zero-order valence-corrected chi connectivity index (χ0v) is 10.4. The number of hydrogen-bond acceptors (Lipinski definition) is 4. The number of aromatic hydroxyl groups is 1. The first-order chi connectivity index (χ1) is 7.74. The van der Waals surface area contributed by atoms with Crippen LogP contribution in [0.25, 0.3) is 0 Å². The Kier molecular flexibility index (Phi) is 6.07. The minimum atomic E-state index is 0.135. The fourth-order valence-electron chi connectivity index (χ4n) is 1.14. The van der Waals surface area contributed by atoms with Gasteiger partial charge in [-0.3, -0.25) is 4.99 Å². The minimum Gasteiger partial charge on any atom is -0.507 e. The van der Waals surface area contributed by atoms with Gasteiger partial charge in [0.2, 0.25) is 0 Å². The molecule has 0 amide bonds. The summed E-state index contributed by atoms with van der Waals surface area (Å²) >= 11 is 3.33. The largest absolute Gasteiger partial charge is 0.507 e. The summed E-state index contributed by atoms with van der Waals surface area (Å²) in [5.74, 6) is 0.218. The molecular weight excluding hydrogens is 272 g/mol. The van der Waals surface area contributed by atoms with Gasteiger partial charge in [0.1, 0.15) is 5.75 Å². The van der Waals surface area contributed by atoms with Gasteiger partial charge in [-0.25, -0.2) is 0 Å². The molecule has 0 aliphatic carbocycles. The molecule has 1 rings (SSSR count). The van der Waals surface area contributed by atoms with E-state index in [1.807, 2.05) is 0 Å². The molecular formula is C11H15BrN2O2. The van der Waals surface area contributed by atoms with Gasteiger partial charge in [0.25, 0.3) is 0 Å². The molecule has 1 aromatic carbocycles. The SMILES string of the molecule is OCCNCCN=Cc1cc(Br)ccc1O. The number of nitrogens with zero attached hydrogens (tertiary/aromatic N) is 1. The standard InChI is InChI=1S/C11H15BrN2O2/c12-10-1-2-11(16)9(7-10)8-14-4-3-13-5-6-15/h1-2,7-8,13,15-16H,3-6H2. The number of halogens is 1. The van der Waals surface area contributed by atoms with Crippen molar-refractivity contribution in [2.24, 2.45) is 4.99 Å². The van der Waals surface area contributed by atoms with E-state index in [2.05, 4.69) is 26.2 Å². The lowest BCUT2D eigenvalue weighted by molar-refractivity contribution is 0.293. The average molecular weight is 287 g/mol. The summed E-state index contributed by atoms with van der Waals surface area (Å²) in [7, 11) is 0. The van der Waals surface area contributed by atoms with E-state index in [1.165, 1.54) is 0 Å². The predicted molar refractivity (Wildman–Crippen MR) is 68.2 cm³/mol. The number of benzene rings is 1. The molecule has 0 unspecified atom stereocenters. The highest BCUT2D eigenvalue weighted by Gasteiger charge is 1.97. The van der Waals surface area contributed by atoms with Crippen LogP contribution in [0.4, 0.5) is 0 Å². The van der Waals surface area contributed by atoms with E-state index in [-0.39, 0.29) is 12.4 Å². The fraction of sp³-hybridized carbons (Fsp3) is 0.364. The molecule has 88 valence electrons. The quantitative estimate of drug-likeness (QED) is 0.543. The molecule has 0 fully saturated rings. The Morgan fingerprint density at radius 2 is 2.19 bits per heavy atom. The zero-order chi connectivity index (χ0) is 11.8. The first-order valence-electron chi connectivity index (χ1n) is 5.04. The highest BCUT2D eigenvalue weighted by Crippen LogP contribution is 2.19. The number of aliphatic hydroxyl groups is 1. The lowest BCUT2D eigenvalue weighted by Crippen LogP contribution is -2.21. The van der Waals surface area contributed by atoms with Crippen LogP contribution in [0.5, 0.6) is 5.75 Å². The molecule has 1 aromatic rings. The smallest absolute Gasteiger partial charge is 0.124 e. The topological polar surface area (TPSA) is 64.8 Å². The summed E-state index contributed by atoms with van der Waals surface area (Å²) in [6, 6.07) is 5.20. The van der Waals surface area contributed by atoms with Crippen molar-refractivity contribution in [1.29, 1.82) is 0 Å². The van der Waals surface area contributed by atoms with E-state index in [4.69, 9.17) is 5.11 Å². The van der Waals surface area contributed by atoms with Crippen LogP contribution in [0.2, 0.25) is 0 Å². The Labute approximate surface area is 103 Å². The van der Waals surface area contributed by atoms with Gasteiger partial charge >= 0.3 is 0 Å². The van der Waals surface area contributed by atoms with Crippen LogP contribution in [0.15, 0.2) is 27.7 Å². The third-order valence-electron chi connectivity index (χ3n) is 1.93. The lowest BCUT2D eigenvalue weighted by Gasteiger charge is -2.00. The van der Waals surface area contributed by atoms with Crippen molar-refractivity contribution in [2.45, 2.75) is 0 Å².